The van der Waals surface area contributed by atoms with Crippen molar-refractivity contribution in [3.05, 3.63) is 86.2 Å². The first-order chi connectivity index (χ1) is 22.1. The molecule has 5 aromatic rings. The molecule has 2 N–H and O–H groups in total. The zero-order valence-electron chi connectivity index (χ0n) is 26.8. The molecule has 7 rings (SSSR count). The highest BCUT2D eigenvalue weighted by Gasteiger charge is 2.32. The first-order valence-electron chi connectivity index (χ1n) is 15.6. The van der Waals surface area contributed by atoms with E-state index in [1.807, 2.05) is 21.2 Å². The third-order valence-electron chi connectivity index (χ3n) is 9.36. The number of fused-ring (bicyclic) bond motifs is 4. The molecule has 0 unspecified atom stereocenters. The van der Waals surface area contributed by atoms with Gasteiger partial charge < -0.3 is 19.7 Å². The van der Waals surface area contributed by atoms with E-state index in [1.165, 1.54) is 9.25 Å². The number of nitrogens with zero attached hydrogens (tertiary/aromatic N) is 8. The van der Waals surface area contributed by atoms with E-state index in [9.17, 15) is 14.7 Å². The van der Waals surface area contributed by atoms with Crippen molar-refractivity contribution in [3.8, 4) is 16.9 Å². The molecule has 2 aliphatic rings. The fourth-order valence-corrected chi connectivity index (χ4v) is 7.02. The van der Waals surface area contributed by atoms with Gasteiger partial charge in [0.15, 0.2) is 11.6 Å². The summed E-state index contributed by atoms with van der Waals surface area (Å²) in [5.41, 5.74) is 5.53. The molecule has 0 radical (unpaired) electrons. The summed E-state index contributed by atoms with van der Waals surface area (Å²) in [5.74, 6) is 0.820. The molecule has 0 aromatic carbocycles. The third-order valence-corrected chi connectivity index (χ3v) is 9.36. The lowest BCUT2D eigenvalue weighted by Crippen LogP contribution is -2.38. The molecule has 5 aromatic heterocycles. The topological polar surface area (TPSA) is 137 Å². The van der Waals surface area contributed by atoms with Crippen LogP contribution in [0.5, 0.6) is 0 Å². The van der Waals surface area contributed by atoms with E-state index in [0.717, 1.165) is 49.4 Å². The number of pyridine rings is 2. The van der Waals surface area contributed by atoms with Gasteiger partial charge in [0.2, 0.25) is 0 Å². The Balaban J connectivity index is 1.24. The summed E-state index contributed by atoms with van der Waals surface area (Å²) in [5, 5.41) is 23.1. The lowest BCUT2D eigenvalue weighted by molar-refractivity contribution is 0.104. The maximum Gasteiger partial charge on any atom is 0.297 e. The molecule has 0 bridgehead atoms. The summed E-state index contributed by atoms with van der Waals surface area (Å²) in [6.07, 6.45) is 6.71. The van der Waals surface area contributed by atoms with Crippen molar-refractivity contribution >= 4 is 17.0 Å². The summed E-state index contributed by atoms with van der Waals surface area (Å²) in [4.78, 5) is 33.8. The summed E-state index contributed by atoms with van der Waals surface area (Å²) in [6, 6.07) is 7.59. The number of hydrogen-bond acceptors (Lipinski definition) is 9. The van der Waals surface area contributed by atoms with E-state index in [2.05, 4.69) is 41.1 Å². The maximum atomic E-state index is 13.7. The van der Waals surface area contributed by atoms with Crippen LogP contribution in [0.3, 0.4) is 0 Å². The Morgan fingerprint density at radius 3 is 2.74 bits per heavy atom. The lowest BCUT2D eigenvalue weighted by atomic mass is 9.90. The van der Waals surface area contributed by atoms with Gasteiger partial charge in [0.1, 0.15) is 17.5 Å². The number of hydrogen-bond donors (Lipinski definition) is 2. The van der Waals surface area contributed by atoms with Crippen molar-refractivity contribution in [1.29, 1.82) is 0 Å². The number of ether oxygens (including phenoxy) is 1. The van der Waals surface area contributed by atoms with Gasteiger partial charge in [-0.25, -0.2) is 4.98 Å². The second-order valence-electron chi connectivity index (χ2n) is 13.1. The van der Waals surface area contributed by atoms with Gasteiger partial charge in [-0.15, -0.1) is 0 Å². The molecule has 0 saturated heterocycles. The van der Waals surface area contributed by atoms with Gasteiger partial charge in [-0.05, 0) is 54.5 Å². The summed E-state index contributed by atoms with van der Waals surface area (Å²) < 4.78 is 11.9. The number of aliphatic hydroxyl groups excluding tert-OH is 1. The van der Waals surface area contributed by atoms with Crippen LogP contribution < -0.4 is 16.4 Å². The standard InChI is InChI=1S/C33H39N9O4/c1-20-26-14-29(37-41(26)9-8-39(20)10-11-46-5)36-25-12-22(17-38(4)31(25)44)23-6-7-34-30(24(23)18-43)42-32(45)27-13-21-15-33(2,3)16-28(21)40(27)19-35-42/h6-7,12-14,17,19-20,43H,8-11,15-16,18H2,1-5H3,(H,36,37)/t20-/m0/s1. The van der Waals surface area contributed by atoms with Crippen molar-refractivity contribution in [2.45, 2.75) is 52.8 Å². The van der Waals surface area contributed by atoms with Crippen LogP contribution in [0.2, 0.25) is 0 Å². The highest BCUT2D eigenvalue weighted by molar-refractivity contribution is 5.73. The molecule has 0 fully saturated rings. The van der Waals surface area contributed by atoms with Crippen LogP contribution in [0.4, 0.5) is 11.5 Å². The monoisotopic (exact) mass is 625 g/mol. The molecular weight excluding hydrogens is 586 g/mol. The van der Waals surface area contributed by atoms with Crippen LogP contribution in [0.15, 0.2) is 52.6 Å². The first kappa shape index (κ1) is 30.1. The minimum atomic E-state index is -0.389. The number of anilines is 2. The number of nitrogens with one attached hydrogen (secondary N) is 1. The third kappa shape index (κ3) is 5.04. The van der Waals surface area contributed by atoms with Gasteiger partial charge in [-0.2, -0.15) is 14.9 Å². The van der Waals surface area contributed by atoms with Gasteiger partial charge in [0, 0.05) is 68.6 Å². The zero-order valence-corrected chi connectivity index (χ0v) is 26.8. The van der Waals surface area contributed by atoms with E-state index in [0.29, 0.717) is 40.3 Å². The van der Waals surface area contributed by atoms with E-state index in [1.54, 1.807) is 45.0 Å². The summed E-state index contributed by atoms with van der Waals surface area (Å²) >= 11 is 0. The largest absolute Gasteiger partial charge is 0.392 e. The Kier molecular flexibility index (Phi) is 7.41. The van der Waals surface area contributed by atoms with Gasteiger partial charge >= 0.3 is 0 Å². The fourth-order valence-electron chi connectivity index (χ4n) is 7.02. The SMILES string of the molecule is COCCN1CCn2nc(Nc3cc(-c4ccnc(-n5ncn6c7c(cc6c5=O)CC(C)(C)C7)c4CO)cn(C)c3=O)cc2[C@@H]1C. The molecule has 0 saturated carbocycles. The van der Waals surface area contributed by atoms with Crippen molar-refractivity contribution < 1.29 is 9.84 Å². The van der Waals surface area contributed by atoms with Gasteiger partial charge in [0.25, 0.3) is 11.1 Å². The minimum absolute atomic E-state index is 0.144. The number of methoxy groups -OCH3 is 1. The molecule has 6 heterocycles. The van der Waals surface area contributed by atoms with Crippen molar-refractivity contribution in [2.24, 2.45) is 12.5 Å². The molecule has 0 amide bonds. The normalized spacial score (nSPS) is 17.4. The number of aromatic nitrogens is 7. The molecule has 46 heavy (non-hydrogen) atoms. The van der Waals surface area contributed by atoms with E-state index >= 15 is 0 Å². The molecule has 13 nitrogen and oxygen atoms in total. The smallest absolute Gasteiger partial charge is 0.297 e. The molecule has 1 aliphatic carbocycles. The minimum Gasteiger partial charge on any atom is -0.392 e. The Bertz CT molecular complexity index is 2090. The molecule has 1 aliphatic heterocycles. The first-order valence-corrected chi connectivity index (χ1v) is 15.6. The Morgan fingerprint density at radius 2 is 1.96 bits per heavy atom. The van der Waals surface area contributed by atoms with Crippen LogP contribution in [-0.4, -0.2) is 70.3 Å². The zero-order chi connectivity index (χ0) is 32.3. The van der Waals surface area contributed by atoms with Gasteiger partial charge in [-0.3, -0.25) is 23.6 Å². The van der Waals surface area contributed by atoms with Gasteiger partial charge in [0.05, 0.1) is 25.5 Å². The molecule has 1 atom stereocenters. The molecule has 240 valence electrons. The van der Waals surface area contributed by atoms with Crippen molar-refractivity contribution in [1.82, 2.24) is 38.4 Å². The molecular formula is C33H39N9O4. The van der Waals surface area contributed by atoms with Crippen molar-refractivity contribution in [2.75, 3.05) is 32.1 Å². The average molecular weight is 626 g/mol. The Morgan fingerprint density at radius 1 is 1.13 bits per heavy atom. The van der Waals surface area contributed by atoms with Crippen LogP contribution in [-0.2, 0) is 37.8 Å². The second-order valence-corrected chi connectivity index (χ2v) is 13.1. The fraction of sp³-hybridized carbons (Fsp3) is 0.424. The van der Waals surface area contributed by atoms with Crippen LogP contribution in [0.1, 0.15) is 49.3 Å². The number of rotatable bonds is 8. The highest BCUT2D eigenvalue weighted by Crippen LogP contribution is 2.37. The molecule has 13 heteroatoms. The Hall–Kier alpha value is -4.59. The Labute approximate surface area is 265 Å². The second kappa shape index (κ2) is 11.3. The quantitative estimate of drug-likeness (QED) is 0.267. The van der Waals surface area contributed by atoms with Crippen molar-refractivity contribution in [3.63, 3.8) is 0 Å². The van der Waals surface area contributed by atoms with E-state index < -0.39 is 0 Å². The number of aliphatic hydroxyl groups is 1. The summed E-state index contributed by atoms with van der Waals surface area (Å²) in [7, 11) is 3.38. The molecule has 0 spiro atoms. The van der Waals surface area contributed by atoms with Crippen LogP contribution in [0, 0.1) is 5.41 Å². The lowest BCUT2D eigenvalue weighted by Gasteiger charge is -2.33. The van der Waals surface area contributed by atoms with Crippen LogP contribution >= 0.6 is 0 Å². The van der Waals surface area contributed by atoms with Crippen LogP contribution in [0.25, 0.3) is 22.5 Å². The predicted molar refractivity (Wildman–Crippen MR) is 174 cm³/mol. The maximum absolute atomic E-state index is 13.7. The summed E-state index contributed by atoms with van der Waals surface area (Å²) in [6.45, 7) is 9.29. The average Bonchev–Trinajstić information content (AvgIpc) is 3.69. The highest BCUT2D eigenvalue weighted by atomic mass is 16.5. The van der Waals surface area contributed by atoms with Gasteiger partial charge in [-0.1, -0.05) is 13.8 Å². The van der Waals surface area contributed by atoms with E-state index in [4.69, 9.17) is 9.84 Å². The predicted octanol–water partition coefficient (Wildman–Crippen LogP) is 2.83. The number of aryl methyl sites for hydroxylation is 1. The van der Waals surface area contributed by atoms with E-state index in [-0.39, 0.29) is 35.0 Å².